The van der Waals surface area contributed by atoms with Crippen LogP contribution in [0.1, 0.15) is 33.3 Å². The monoisotopic (exact) mass is 717 g/mol. The Kier molecular flexibility index (Phi) is 13.1. The van der Waals surface area contributed by atoms with Gasteiger partial charge in [-0.2, -0.15) is 4.31 Å². The van der Waals surface area contributed by atoms with Gasteiger partial charge < -0.3 is 30.1 Å². The lowest BCUT2D eigenvalue weighted by Crippen LogP contribution is -2.57. The van der Waals surface area contributed by atoms with Crippen molar-refractivity contribution < 1.29 is 37.8 Å². The predicted octanol–water partition coefficient (Wildman–Crippen LogP) is 2.87. The summed E-state index contributed by atoms with van der Waals surface area (Å²) in [7, 11) is -2.52. The lowest BCUT2D eigenvalue weighted by molar-refractivity contribution is -0.129. The highest BCUT2D eigenvalue weighted by Crippen LogP contribution is 2.27. The molecule has 0 bridgehead atoms. The third-order valence-electron chi connectivity index (χ3n) is 8.30. The van der Waals surface area contributed by atoms with Crippen molar-refractivity contribution >= 4 is 39.6 Å². The lowest BCUT2D eigenvalue weighted by atomic mass is 9.97. The van der Waals surface area contributed by atoms with Crippen LogP contribution in [0.15, 0.2) is 70.6 Å². The van der Waals surface area contributed by atoms with E-state index in [4.69, 9.17) is 4.74 Å². The number of phenols is 1. The van der Waals surface area contributed by atoms with E-state index in [9.17, 15) is 33.0 Å². The number of nitrogens with zero attached hydrogens (tertiary/aromatic N) is 4. The van der Waals surface area contributed by atoms with Gasteiger partial charge in [0.15, 0.2) is 0 Å². The summed E-state index contributed by atoms with van der Waals surface area (Å²) in [5.74, 6) is -0.924. The molecule has 1 fully saturated rings. The molecule has 2 aromatic rings. The first-order chi connectivity index (χ1) is 23.2. The van der Waals surface area contributed by atoms with Crippen molar-refractivity contribution in [2.45, 2.75) is 57.2 Å². The number of aliphatic hydroxyl groups excluding tert-OH is 1. The predicted molar refractivity (Wildman–Crippen MR) is 186 cm³/mol. The highest BCUT2D eigenvalue weighted by atomic mass is 32.2. The second-order valence-electron chi connectivity index (χ2n) is 13.0. The van der Waals surface area contributed by atoms with Crippen molar-refractivity contribution in [1.29, 1.82) is 0 Å². The zero-order chi connectivity index (χ0) is 35.9. The van der Waals surface area contributed by atoms with Gasteiger partial charge in [-0.15, -0.1) is 11.8 Å². The van der Waals surface area contributed by atoms with Gasteiger partial charge in [0.2, 0.25) is 15.9 Å². The average molecular weight is 718 g/mol. The van der Waals surface area contributed by atoms with Crippen molar-refractivity contribution in [3.05, 3.63) is 71.3 Å². The number of phenolic OH excluding ortho intramolecular Hbond substituents is 1. The Hall–Kier alpha value is -3.63. The molecule has 0 aliphatic carbocycles. The Morgan fingerprint density at radius 3 is 2.33 bits per heavy atom. The standard InChI is InChI=1S/C34H47N5O8S2/c1-23(2)16-37(49(45,46)28-13-11-27(40)12-14-28)18-30(41)29(15-25-9-7-6-8-10-25)35-33(43)32(24(3)4)39-19-31(42)38(34(39)44)17-26-20-48-22-36(26)21-47-5/h6-14,20,23-24,29-30,32,40-41H,15-19,21-22H2,1-5H3,(H,35,43)/t29-,30+,32-/m0/s1. The molecule has 3 N–H and O–H groups in total. The van der Waals surface area contributed by atoms with Crippen molar-refractivity contribution in [3.8, 4) is 5.75 Å². The van der Waals surface area contributed by atoms with Crippen LogP contribution in [-0.4, -0.2) is 120 Å². The average Bonchev–Trinajstić information content (AvgIpc) is 3.60. The molecule has 15 heteroatoms. The van der Waals surface area contributed by atoms with Gasteiger partial charge in [0.05, 0.1) is 29.5 Å². The first-order valence-electron chi connectivity index (χ1n) is 16.2. The third kappa shape index (κ3) is 9.54. The van der Waals surface area contributed by atoms with E-state index in [1.807, 2.05) is 54.5 Å². The quantitative estimate of drug-likeness (QED) is 0.208. The van der Waals surface area contributed by atoms with Gasteiger partial charge in [-0.05, 0) is 53.5 Å². The van der Waals surface area contributed by atoms with E-state index in [-0.39, 0.29) is 49.2 Å². The van der Waals surface area contributed by atoms with Crippen molar-refractivity contribution in [3.63, 3.8) is 0 Å². The fraction of sp³-hybridized carbons (Fsp3) is 0.500. The van der Waals surface area contributed by atoms with E-state index >= 15 is 0 Å². The van der Waals surface area contributed by atoms with E-state index in [2.05, 4.69) is 5.32 Å². The molecule has 2 heterocycles. The molecule has 13 nitrogen and oxygen atoms in total. The van der Waals surface area contributed by atoms with Crippen LogP contribution in [0.3, 0.4) is 0 Å². The van der Waals surface area contributed by atoms with Crippen LogP contribution >= 0.6 is 11.8 Å². The zero-order valence-electron chi connectivity index (χ0n) is 28.6. The van der Waals surface area contributed by atoms with Crippen molar-refractivity contribution in [2.75, 3.05) is 45.9 Å². The smallest absolute Gasteiger partial charge is 0.328 e. The first-order valence-corrected chi connectivity index (χ1v) is 18.7. The molecule has 4 rings (SSSR count). The maximum absolute atomic E-state index is 14.1. The minimum absolute atomic E-state index is 0.0410. The number of aromatic hydroxyl groups is 1. The molecule has 4 amide bonds. The van der Waals surface area contributed by atoms with Gasteiger partial charge in [-0.1, -0.05) is 58.0 Å². The van der Waals surface area contributed by atoms with Gasteiger partial charge >= 0.3 is 6.03 Å². The maximum Gasteiger partial charge on any atom is 0.328 e. The summed E-state index contributed by atoms with van der Waals surface area (Å²) in [6.45, 7) is 7.12. The highest BCUT2D eigenvalue weighted by molar-refractivity contribution is 8.02. The molecule has 3 atom stereocenters. The summed E-state index contributed by atoms with van der Waals surface area (Å²) in [4.78, 5) is 45.2. The molecule has 49 heavy (non-hydrogen) atoms. The third-order valence-corrected chi connectivity index (χ3v) is 11.1. The fourth-order valence-corrected chi connectivity index (χ4v) is 8.43. The topological polar surface area (TPSA) is 160 Å². The molecule has 268 valence electrons. The van der Waals surface area contributed by atoms with Crippen molar-refractivity contribution in [2.24, 2.45) is 11.8 Å². The summed E-state index contributed by atoms with van der Waals surface area (Å²) in [6, 6.07) is 11.8. The van der Waals surface area contributed by atoms with Crippen LogP contribution in [0, 0.1) is 11.8 Å². The lowest BCUT2D eigenvalue weighted by Gasteiger charge is -2.34. The number of methoxy groups -OCH3 is 1. The second-order valence-corrected chi connectivity index (χ2v) is 15.8. The fourth-order valence-electron chi connectivity index (χ4n) is 5.89. The minimum atomic E-state index is -4.09. The normalized spacial score (nSPS) is 17.3. The Bertz CT molecular complexity index is 1590. The first kappa shape index (κ1) is 38.2. The van der Waals surface area contributed by atoms with E-state index in [1.165, 1.54) is 45.2 Å². The number of urea groups is 1. The van der Waals surface area contributed by atoms with Crippen LogP contribution in [0.25, 0.3) is 0 Å². The molecular weight excluding hydrogens is 671 g/mol. The number of nitrogens with one attached hydrogen (secondary N) is 1. The summed E-state index contributed by atoms with van der Waals surface area (Å²) in [5.41, 5.74) is 1.56. The zero-order valence-corrected chi connectivity index (χ0v) is 30.2. The number of carbonyl (C=O) groups excluding carboxylic acids is 3. The largest absolute Gasteiger partial charge is 0.508 e. The van der Waals surface area contributed by atoms with Crippen LogP contribution in [0.4, 0.5) is 4.79 Å². The SMILES string of the molecule is COCN1CSC=C1CN1C(=O)CN([C@H](C(=O)N[C@@H](Cc2ccccc2)[C@H](O)CN(CC(C)C)S(=O)(=O)c2ccc(O)cc2)C(C)C)C1=O. The summed E-state index contributed by atoms with van der Waals surface area (Å²) in [5, 5.41) is 26.2. The Morgan fingerprint density at radius 1 is 1.04 bits per heavy atom. The molecular formula is C34H47N5O8S2. The van der Waals surface area contributed by atoms with Crippen LogP contribution in [0.2, 0.25) is 0 Å². The summed E-state index contributed by atoms with van der Waals surface area (Å²) < 4.78 is 33.9. The summed E-state index contributed by atoms with van der Waals surface area (Å²) >= 11 is 1.53. The molecule has 0 saturated carbocycles. The number of rotatable bonds is 17. The Morgan fingerprint density at radius 2 is 1.71 bits per heavy atom. The summed E-state index contributed by atoms with van der Waals surface area (Å²) in [6.07, 6.45) is -1.18. The molecule has 2 aliphatic heterocycles. The van der Waals surface area contributed by atoms with E-state index < -0.39 is 52.0 Å². The number of benzene rings is 2. The molecule has 2 aromatic carbocycles. The van der Waals surface area contributed by atoms with Crippen LogP contribution in [-0.2, 0) is 30.8 Å². The van der Waals surface area contributed by atoms with Gasteiger partial charge in [0.25, 0.3) is 5.91 Å². The van der Waals surface area contributed by atoms with E-state index in [1.54, 1.807) is 21.0 Å². The number of amides is 4. The number of sulfonamides is 1. The van der Waals surface area contributed by atoms with Crippen LogP contribution in [0.5, 0.6) is 5.75 Å². The number of hydrogen-bond donors (Lipinski definition) is 3. The number of ether oxygens (including phenoxy) is 1. The number of aliphatic hydroxyl groups is 1. The Labute approximate surface area is 292 Å². The molecule has 0 spiro atoms. The molecule has 0 aromatic heterocycles. The molecule has 2 aliphatic rings. The van der Waals surface area contributed by atoms with Crippen LogP contribution < -0.4 is 5.32 Å². The van der Waals surface area contributed by atoms with Gasteiger partial charge in [-0.3, -0.25) is 14.5 Å². The van der Waals surface area contributed by atoms with Gasteiger partial charge in [0, 0.05) is 25.9 Å². The van der Waals surface area contributed by atoms with Crippen molar-refractivity contribution in [1.82, 2.24) is 24.3 Å². The second kappa shape index (κ2) is 16.9. The Balaban J connectivity index is 1.57. The number of imide groups is 1. The number of thioether (sulfide) groups is 1. The van der Waals surface area contributed by atoms with E-state index in [0.717, 1.165) is 16.2 Å². The van der Waals surface area contributed by atoms with Gasteiger partial charge in [0.1, 0.15) is 25.1 Å². The molecule has 0 radical (unpaired) electrons. The number of hydrogen-bond acceptors (Lipinski definition) is 10. The molecule has 0 unspecified atom stereocenters. The van der Waals surface area contributed by atoms with Gasteiger partial charge in [-0.25, -0.2) is 13.2 Å². The highest BCUT2D eigenvalue weighted by Gasteiger charge is 2.45. The number of carbonyl (C=O) groups is 3. The minimum Gasteiger partial charge on any atom is -0.508 e. The van der Waals surface area contributed by atoms with E-state index in [0.29, 0.717) is 12.6 Å². The maximum atomic E-state index is 14.1. The molecule has 1 saturated heterocycles.